The number of carbonyl (C=O) groups excluding carboxylic acids is 1. The topological polar surface area (TPSA) is 58.4 Å². The zero-order valence-corrected chi connectivity index (χ0v) is 13.2. The Balaban J connectivity index is 2.82. The lowest BCUT2D eigenvalue weighted by molar-refractivity contribution is -0.121. The SMILES string of the molecule is CCCN(CC(=O)NC)Cc1ccc(C(N)=S)cc1C. The molecule has 1 aromatic rings. The smallest absolute Gasteiger partial charge is 0.233 e. The molecule has 0 saturated carbocycles. The number of aryl methyl sites for hydroxylation is 1. The first-order chi connectivity index (χ1) is 9.47. The largest absolute Gasteiger partial charge is 0.389 e. The second-order valence-corrected chi connectivity index (χ2v) is 5.33. The van der Waals surface area contributed by atoms with E-state index >= 15 is 0 Å². The highest BCUT2D eigenvalue weighted by Gasteiger charge is 2.11. The van der Waals surface area contributed by atoms with Gasteiger partial charge in [0.25, 0.3) is 0 Å². The van der Waals surface area contributed by atoms with E-state index in [1.165, 1.54) is 5.56 Å². The molecule has 1 aromatic carbocycles. The maximum absolute atomic E-state index is 11.5. The third kappa shape index (κ3) is 4.90. The van der Waals surface area contributed by atoms with Crippen molar-refractivity contribution in [1.29, 1.82) is 0 Å². The molecule has 0 saturated heterocycles. The molecule has 0 aliphatic carbocycles. The minimum atomic E-state index is 0.0378. The number of thiocarbonyl (C=S) groups is 1. The predicted molar refractivity (Wildman–Crippen MR) is 86.7 cm³/mol. The Bertz CT molecular complexity index is 488. The van der Waals surface area contributed by atoms with E-state index in [0.717, 1.165) is 30.6 Å². The molecule has 0 spiro atoms. The third-order valence-electron chi connectivity index (χ3n) is 3.21. The summed E-state index contributed by atoms with van der Waals surface area (Å²) in [5, 5.41) is 2.66. The van der Waals surface area contributed by atoms with Gasteiger partial charge in [-0.25, -0.2) is 0 Å². The first-order valence-electron chi connectivity index (χ1n) is 6.80. The quantitative estimate of drug-likeness (QED) is 0.750. The molecule has 0 fully saturated rings. The fourth-order valence-corrected chi connectivity index (χ4v) is 2.21. The summed E-state index contributed by atoms with van der Waals surface area (Å²) in [5.74, 6) is 0.0378. The lowest BCUT2D eigenvalue weighted by Crippen LogP contribution is -2.35. The Morgan fingerprint density at radius 1 is 1.45 bits per heavy atom. The Labute approximate surface area is 126 Å². The maximum Gasteiger partial charge on any atom is 0.233 e. The molecule has 0 radical (unpaired) electrons. The lowest BCUT2D eigenvalue weighted by atomic mass is 10.0. The molecule has 0 aromatic heterocycles. The van der Waals surface area contributed by atoms with Crippen molar-refractivity contribution >= 4 is 23.1 Å². The van der Waals surface area contributed by atoms with Gasteiger partial charge >= 0.3 is 0 Å². The molecule has 3 N–H and O–H groups in total. The molecular formula is C15H23N3OS. The van der Waals surface area contributed by atoms with Crippen LogP contribution in [-0.2, 0) is 11.3 Å². The van der Waals surface area contributed by atoms with E-state index in [-0.39, 0.29) is 5.91 Å². The lowest BCUT2D eigenvalue weighted by Gasteiger charge is -2.22. The van der Waals surface area contributed by atoms with Gasteiger partial charge in [-0.1, -0.05) is 31.3 Å². The van der Waals surface area contributed by atoms with Crippen LogP contribution in [0.2, 0.25) is 0 Å². The molecule has 0 aliphatic rings. The Morgan fingerprint density at radius 3 is 2.65 bits per heavy atom. The van der Waals surface area contributed by atoms with Crippen molar-refractivity contribution in [1.82, 2.24) is 10.2 Å². The zero-order valence-electron chi connectivity index (χ0n) is 12.4. The Hall–Kier alpha value is -1.46. The van der Waals surface area contributed by atoms with Crippen LogP contribution in [0.1, 0.15) is 30.0 Å². The van der Waals surface area contributed by atoms with Crippen LogP contribution < -0.4 is 11.1 Å². The number of likely N-dealkylation sites (N-methyl/N-ethyl adjacent to an activating group) is 1. The molecule has 0 aliphatic heterocycles. The molecule has 1 rings (SSSR count). The molecule has 0 unspecified atom stereocenters. The summed E-state index contributed by atoms with van der Waals surface area (Å²) < 4.78 is 0. The number of nitrogens with one attached hydrogen (secondary N) is 1. The number of nitrogens with two attached hydrogens (primary N) is 1. The van der Waals surface area contributed by atoms with Crippen molar-refractivity contribution < 1.29 is 4.79 Å². The summed E-state index contributed by atoms with van der Waals surface area (Å²) in [6.07, 6.45) is 1.01. The summed E-state index contributed by atoms with van der Waals surface area (Å²) in [6.45, 7) is 6.22. The van der Waals surface area contributed by atoms with Gasteiger partial charge < -0.3 is 11.1 Å². The van der Waals surface area contributed by atoms with Crippen molar-refractivity contribution in [3.63, 3.8) is 0 Å². The highest BCUT2D eigenvalue weighted by atomic mass is 32.1. The number of rotatable bonds is 7. The van der Waals surface area contributed by atoms with Gasteiger partial charge in [0, 0.05) is 19.2 Å². The van der Waals surface area contributed by atoms with Crippen molar-refractivity contribution in [2.75, 3.05) is 20.1 Å². The first-order valence-corrected chi connectivity index (χ1v) is 7.21. The van der Waals surface area contributed by atoms with E-state index < -0.39 is 0 Å². The van der Waals surface area contributed by atoms with Crippen LogP contribution in [-0.4, -0.2) is 35.9 Å². The van der Waals surface area contributed by atoms with Crippen LogP contribution in [0.25, 0.3) is 0 Å². The molecule has 4 nitrogen and oxygen atoms in total. The highest BCUT2D eigenvalue weighted by molar-refractivity contribution is 7.80. The van der Waals surface area contributed by atoms with Crippen LogP contribution in [0, 0.1) is 6.92 Å². The molecular weight excluding hydrogens is 270 g/mol. The summed E-state index contributed by atoms with van der Waals surface area (Å²) in [6, 6.07) is 5.98. The van der Waals surface area contributed by atoms with E-state index in [4.69, 9.17) is 18.0 Å². The van der Waals surface area contributed by atoms with E-state index in [9.17, 15) is 4.79 Å². The third-order valence-corrected chi connectivity index (χ3v) is 3.44. The molecule has 110 valence electrons. The second-order valence-electron chi connectivity index (χ2n) is 4.89. The Kier molecular flexibility index (Phi) is 6.61. The van der Waals surface area contributed by atoms with Gasteiger partial charge in [0.05, 0.1) is 6.54 Å². The average molecular weight is 293 g/mol. The van der Waals surface area contributed by atoms with Gasteiger partial charge in [-0.3, -0.25) is 9.69 Å². The standard InChI is InChI=1S/C15H23N3OS/c1-4-7-18(10-14(19)17-3)9-13-6-5-12(15(16)20)8-11(13)2/h5-6,8H,4,7,9-10H2,1-3H3,(H2,16,20)(H,17,19). The van der Waals surface area contributed by atoms with E-state index in [0.29, 0.717) is 11.5 Å². The summed E-state index contributed by atoms with van der Waals surface area (Å²) in [4.78, 5) is 14.1. The van der Waals surface area contributed by atoms with Crippen molar-refractivity contribution in [3.05, 3.63) is 34.9 Å². The number of amides is 1. The fraction of sp³-hybridized carbons (Fsp3) is 0.467. The summed E-state index contributed by atoms with van der Waals surface area (Å²) in [5.41, 5.74) is 8.86. The van der Waals surface area contributed by atoms with Gasteiger partial charge in [-0.2, -0.15) is 0 Å². The van der Waals surface area contributed by atoms with E-state index in [1.807, 2.05) is 25.1 Å². The number of hydrogen-bond acceptors (Lipinski definition) is 3. The number of nitrogens with zero attached hydrogens (tertiary/aromatic N) is 1. The molecule has 0 bridgehead atoms. The minimum absolute atomic E-state index is 0.0378. The normalized spacial score (nSPS) is 10.6. The second kappa shape index (κ2) is 7.97. The molecule has 1 amide bonds. The van der Waals surface area contributed by atoms with Crippen LogP contribution in [0.4, 0.5) is 0 Å². The van der Waals surface area contributed by atoms with Crippen molar-refractivity contribution in [3.8, 4) is 0 Å². The average Bonchev–Trinajstić information content (AvgIpc) is 2.40. The van der Waals surface area contributed by atoms with Gasteiger partial charge in [0.2, 0.25) is 5.91 Å². The van der Waals surface area contributed by atoms with Crippen LogP contribution in [0.15, 0.2) is 18.2 Å². The molecule has 0 heterocycles. The van der Waals surface area contributed by atoms with Gasteiger partial charge in [0.15, 0.2) is 0 Å². The molecule has 5 heteroatoms. The van der Waals surface area contributed by atoms with Gasteiger partial charge in [-0.05, 0) is 37.1 Å². The van der Waals surface area contributed by atoms with Crippen molar-refractivity contribution in [2.24, 2.45) is 5.73 Å². The summed E-state index contributed by atoms with van der Waals surface area (Å²) >= 11 is 4.98. The monoisotopic (exact) mass is 293 g/mol. The predicted octanol–water partition coefficient (Wildman–Crippen LogP) is 1.59. The van der Waals surface area contributed by atoms with Crippen molar-refractivity contribution in [2.45, 2.75) is 26.8 Å². The zero-order chi connectivity index (χ0) is 15.1. The maximum atomic E-state index is 11.5. The fourth-order valence-electron chi connectivity index (χ4n) is 2.08. The van der Waals surface area contributed by atoms with Gasteiger partial charge in [0.1, 0.15) is 4.99 Å². The minimum Gasteiger partial charge on any atom is -0.389 e. The van der Waals surface area contributed by atoms with Crippen LogP contribution in [0.5, 0.6) is 0 Å². The van der Waals surface area contributed by atoms with Gasteiger partial charge in [-0.15, -0.1) is 0 Å². The van der Waals surface area contributed by atoms with E-state index in [1.54, 1.807) is 7.05 Å². The van der Waals surface area contributed by atoms with Crippen LogP contribution in [0.3, 0.4) is 0 Å². The van der Waals surface area contributed by atoms with E-state index in [2.05, 4.69) is 17.1 Å². The highest BCUT2D eigenvalue weighted by Crippen LogP contribution is 2.14. The number of carbonyl (C=O) groups is 1. The Morgan fingerprint density at radius 2 is 2.15 bits per heavy atom. The number of hydrogen-bond donors (Lipinski definition) is 2. The molecule has 0 atom stereocenters. The molecule has 20 heavy (non-hydrogen) atoms. The number of benzene rings is 1. The summed E-state index contributed by atoms with van der Waals surface area (Å²) in [7, 11) is 1.66. The van der Waals surface area contributed by atoms with Crippen LogP contribution >= 0.6 is 12.2 Å². The first kappa shape index (κ1) is 16.6.